The van der Waals surface area contributed by atoms with Gasteiger partial charge in [-0.25, -0.2) is 9.67 Å². The number of anilines is 2. The Balaban J connectivity index is 1.82. The Kier molecular flexibility index (Phi) is 5.72. The molecule has 0 radical (unpaired) electrons. The van der Waals surface area contributed by atoms with Crippen molar-refractivity contribution in [3.05, 3.63) is 82.3 Å². The van der Waals surface area contributed by atoms with Crippen molar-refractivity contribution in [1.82, 2.24) is 14.8 Å². The molecule has 0 unspecified atom stereocenters. The summed E-state index contributed by atoms with van der Waals surface area (Å²) in [6.45, 7) is 4.52. The maximum absolute atomic E-state index is 13.6. The van der Waals surface area contributed by atoms with E-state index in [1.165, 1.54) is 33.7 Å². The van der Waals surface area contributed by atoms with Crippen LogP contribution in [-0.2, 0) is 13.0 Å². The van der Waals surface area contributed by atoms with Crippen molar-refractivity contribution in [2.24, 2.45) is 0 Å². The molecule has 1 amide bonds. The van der Waals surface area contributed by atoms with Gasteiger partial charge in [0.2, 0.25) is 0 Å². The van der Waals surface area contributed by atoms with Crippen LogP contribution < -0.4 is 10.5 Å². The summed E-state index contributed by atoms with van der Waals surface area (Å²) in [5.41, 5.74) is 2.73. The third kappa shape index (κ3) is 3.89. The first-order valence-electron chi connectivity index (χ1n) is 9.98. The van der Waals surface area contributed by atoms with Gasteiger partial charge in [0.15, 0.2) is 5.13 Å². The van der Waals surface area contributed by atoms with Gasteiger partial charge in [0.05, 0.1) is 15.9 Å². The van der Waals surface area contributed by atoms with E-state index in [1.807, 2.05) is 55.5 Å². The minimum Gasteiger partial charge on any atom is -0.268 e. The van der Waals surface area contributed by atoms with E-state index in [2.05, 4.69) is 17.0 Å². The van der Waals surface area contributed by atoms with E-state index >= 15 is 0 Å². The van der Waals surface area contributed by atoms with E-state index in [0.29, 0.717) is 17.4 Å². The molecule has 0 aliphatic carbocycles. The smallest absolute Gasteiger partial charge is 0.268 e. The first kappa shape index (κ1) is 20.0. The molecule has 0 N–H and O–H groups in total. The number of rotatable bonds is 6. The van der Waals surface area contributed by atoms with Crippen LogP contribution >= 0.6 is 11.3 Å². The fourth-order valence-electron chi connectivity index (χ4n) is 3.20. The maximum Gasteiger partial charge on any atom is 0.285 e. The molecule has 2 aromatic heterocycles. The van der Waals surface area contributed by atoms with Gasteiger partial charge in [-0.05, 0) is 48.7 Å². The standard InChI is InChI=1S/C23H22N4O2S/c1-3-15-26-21(28)14-13-19(25-26)22(29)27(17-11-9-16(4-2)10-12-17)23-24-18-7-5-6-8-20(18)30-23/h5-14H,3-4,15H2,1-2H3. The van der Waals surface area contributed by atoms with Crippen LogP contribution in [0.2, 0.25) is 0 Å². The maximum atomic E-state index is 13.6. The van der Waals surface area contributed by atoms with Crippen molar-refractivity contribution < 1.29 is 4.79 Å². The summed E-state index contributed by atoms with van der Waals surface area (Å²) in [4.78, 5) is 31.9. The van der Waals surface area contributed by atoms with E-state index in [1.54, 1.807) is 4.90 Å². The number of hydrogen-bond donors (Lipinski definition) is 0. The third-order valence-corrected chi connectivity index (χ3v) is 5.82. The molecule has 0 atom stereocenters. The Morgan fingerprint density at radius 2 is 1.80 bits per heavy atom. The first-order valence-corrected chi connectivity index (χ1v) is 10.8. The Hall–Kier alpha value is -3.32. The average molecular weight is 419 g/mol. The molecule has 2 heterocycles. The van der Waals surface area contributed by atoms with Crippen LogP contribution in [0.1, 0.15) is 36.3 Å². The second-order valence-electron chi connectivity index (χ2n) is 6.90. The summed E-state index contributed by atoms with van der Waals surface area (Å²) in [5.74, 6) is -0.317. The third-order valence-electron chi connectivity index (χ3n) is 4.80. The van der Waals surface area contributed by atoms with Crippen LogP contribution in [0.4, 0.5) is 10.8 Å². The number of carbonyl (C=O) groups is 1. The zero-order valence-electron chi connectivity index (χ0n) is 16.9. The van der Waals surface area contributed by atoms with Crippen molar-refractivity contribution >= 4 is 38.3 Å². The van der Waals surface area contributed by atoms with Crippen LogP contribution in [0.15, 0.2) is 65.5 Å². The number of thiazole rings is 1. The number of fused-ring (bicyclic) bond motifs is 1. The largest absolute Gasteiger partial charge is 0.285 e. The number of para-hydroxylation sites is 1. The summed E-state index contributed by atoms with van der Waals surface area (Å²) in [6.07, 6.45) is 1.67. The number of amides is 1. The number of nitrogens with zero attached hydrogens (tertiary/aromatic N) is 4. The number of aryl methyl sites for hydroxylation is 2. The Bertz CT molecular complexity index is 1210. The molecule has 2 aromatic carbocycles. The molecule has 0 saturated carbocycles. The number of hydrogen-bond acceptors (Lipinski definition) is 5. The molecule has 7 heteroatoms. The lowest BCUT2D eigenvalue weighted by Crippen LogP contribution is -2.31. The monoisotopic (exact) mass is 418 g/mol. The van der Waals surface area contributed by atoms with E-state index in [9.17, 15) is 9.59 Å². The summed E-state index contributed by atoms with van der Waals surface area (Å²) in [7, 11) is 0. The number of carbonyl (C=O) groups excluding carboxylic acids is 1. The molecule has 6 nitrogen and oxygen atoms in total. The minimum atomic E-state index is -0.317. The normalized spacial score (nSPS) is 11.0. The first-order chi connectivity index (χ1) is 14.6. The second kappa shape index (κ2) is 8.59. The predicted octanol–water partition coefficient (Wildman–Crippen LogP) is 4.80. The molecule has 0 fully saturated rings. The summed E-state index contributed by atoms with van der Waals surface area (Å²) in [5, 5.41) is 4.88. The van der Waals surface area contributed by atoms with Gasteiger partial charge in [-0.15, -0.1) is 0 Å². The fourth-order valence-corrected chi connectivity index (χ4v) is 4.19. The Labute approximate surface area is 178 Å². The fraction of sp³-hybridized carbons (Fsp3) is 0.217. The highest BCUT2D eigenvalue weighted by Gasteiger charge is 2.25. The molecule has 4 rings (SSSR count). The average Bonchev–Trinajstić information content (AvgIpc) is 3.19. The van der Waals surface area contributed by atoms with Crippen LogP contribution in [0.3, 0.4) is 0 Å². The number of aromatic nitrogens is 3. The second-order valence-corrected chi connectivity index (χ2v) is 7.91. The molecule has 0 spiro atoms. The van der Waals surface area contributed by atoms with Gasteiger partial charge in [-0.3, -0.25) is 14.5 Å². The highest BCUT2D eigenvalue weighted by atomic mass is 32.1. The zero-order chi connectivity index (χ0) is 21.1. The zero-order valence-corrected chi connectivity index (χ0v) is 17.7. The van der Waals surface area contributed by atoms with Crippen molar-refractivity contribution in [2.75, 3.05) is 4.90 Å². The van der Waals surface area contributed by atoms with E-state index in [-0.39, 0.29) is 17.2 Å². The van der Waals surface area contributed by atoms with Gasteiger partial charge >= 0.3 is 0 Å². The van der Waals surface area contributed by atoms with Gasteiger partial charge in [0, 0.05) is 12.6 Å². The highest BCUT2D eigenvalue weighted by molar-refractivity contribution is 7.22. The molecule has 4 aromatic rings. The molecule has 152 valence electrons. The molecular formula is C23H22N4O2S. The lowest BCUT2D eigenvalue weighted by atomic mass is 10.1. The molecular weight excluding hydrogens is 396 g/mol. The van der Waals surface area contributed by atoms with Crippen molar-refractivity contribution in [1.29, 1.82) is 0 Å². The minimum absolute atomic E-state index is 0.210. The lowest BCUT2D eigenvalue weighted by molar-refractivity contribution is 0.0992. The topological polar surface area (TPSA) is 68.1 Å². The van der Waals surface area contributed by atoms with E-state index < -0.39 is 0 Å². The van der Waals surface area contributed by atoms with Gasteiger partial charge in [0.25, 0.3) is 11.5 Å². The summed E-state index contributed by atoms with van der Waals surface area (Å²) >= 11 is 1.45. The van der Waals surface area contributed by atoms with Crippen molar-refractivity contribution in [3.8, 4) is 0 Å². The molecule has 0 saturated heterocycles. The van der Waals surface area contributed by atoms with Crippen LogP contribution in [-0.4, -0.2) is 20.7 Å². The molecule has 30 heavy (non-hydrogen) atoms. The van der Waals surface area contributed by atoms with Crippen LogP contribution in [0.5, 0.6) is 0 Å². The molecule has 0 aliphatic rings. The lowest BCUT2D eigenvalue weighted by Gasteiger charge is -2.20. The van der Waals surface area contributed by atoms with E-state index in [0.717, 1.165) is 23.1 Å². The van der Waals surface area contributed by atoms with Crippen molar-refractivity contribution in [3.63, 3.8) is 0 Å². The Morgan fingerprint density at radius 3 is 2.50 bits per heavy atom. The van der Waals surface area contributed by atoms with Crippen molar-refractivity contribution in [2.45, 2.75) is 33.2 Å². The number of benzene rings is 2. The van der Waals surface area contributed by atoms with Gasteiger partial charge in [-0.2, -0.15) is 5.10 Å². The highest BCUT2D eigenvalue weighted by Crippen LogP contribution is 2.34. The van der Waals surface area contributed by atoms with Crippen LogP contribution in [0, 0.1) is 0 Å². The van der Waals surface area contributed by atoms with Gasteiger partial charge < -0.3 is 0 Å². The quantitative estimate of drug-likeness (QED) is 0.451. The van der Waals surface area contributed by atoms with Crippen LogP contribution in [0.25, 0.3) is 10.2 Å². The Morgan fingerprint density at radius 1 is 1.03 bits per heavy atom. The molecule has 0 aliphatic heterocycles. The van der Waals surface area contributed by atoms with E-state index in [4.69, 9.17) is 0 Å². The summed E-state index contributed by atoms with van der Waals surface area (Å²) in [6, 6.07) is 18.5. The predicted molar refractivity (Wildman–Crippen MR) is 121 cm³/mol. The SMILES string of the molecule is CCCn1nc(C(=O)N(c2ccc(CC)cc2)c2nc3ccccc3s2)ccc1=O. The van der Waals surface area contributed by atoms with Gasteiger partial charge in [0.1, 0.15) is 5.69 Å². The summed E-state index contributed by atoms with van der Waals surface area (Å²) < 4.78 is 2.34. The van der Waals surface area contributed by atoms with Gasteiger partial charge in [-0.1, -0.05) is 49.4 Å². The molecule has 0 bridgehead atoms.